The molecule has 0 saturated carbocycles. The predicted octanol–water partition coefficient (Wildman–Crippen LogP) is 0.167. The molecule has 0 bridgehead atoms. The average molecular weight is 358 g/mol. The summed E-state index contributed by atoms with van der Waals surface area (Å²) < 4.78 is 4.93. The van der Waals surface area contributed by atoms with E-state index in [9.17, 15) is 9.59 Å². The van der Waals surface area contributed by atoms with Crippen molar-refractivity contribution in [3.63, 3.8) is 0 Å². The van der Waals surface area contributed by atoms with Crippen molar-refractivity contribution in [1.82, 2.24) is 25.2 Å². The number of aromatic amines is 1. The minimum atomic E-state index is -0.224. The van der Waals surface area contributed by atoms with Gasteiger partial charge in [-0.2, -0.15) is 0 Å². The first-order chi connectivity index (χ1) is 12.5. The molecule has 2 N–H and O–H groups in total. The summed E-state index contributed by atoms with van der Waals surface area (Å²) in [6.45, 7) is 5.69. The molecule has 1 aliphatic heterocycles. The fourth-order valence-electron chi connectivity index (χ4n) is 2.78. The SMILES string of the molecule is C=CC(=O)N(C)C1CN(c2cnc3[nH]cc(C(=O)NCCOC)c3n2)C1. The zero-order valence-corrected chi connectivity index (χ0v) is 14.9. The Morgan fingerprint density at radius 3 is 3.00 bits per heavy atom. The van der Waals surface area contributed by atoms with E-state index in [1.165, 1.54) is 6.08 Å². The first-order valence-electron chi connectivity index (χ1n) is 8.30. The van der Waals surface area contributed by atoms with Crippen LogP contribution >= 0.6 is 0 Å². The Morgan fingerprint density at radius 1 is 1.54 bits per heavy atom. The van der Waals surface area contributed by atoms with Gasteiger partial charge in [-0.25, -0.2) is 9.97 Å². The molecule has 2 aromatic heterocycles. The Hall–Kier alpha value is -2.94. The number of nitrogens with one attached hydrogen (secondary N) is 2. The van der Waals surface area contributed by atoms with E-state index >= 15 is 0 Å². The third-order valence-corrected chi connectivity index (χ3v) is 4.46. The Bertz CT molecular complexity index is 827. The van der Waals surface area contributed by atoms with Crippen molar-refractivity contribution in [1.29, 1.82) is 0 Å². The molecule has 0 radical (unpaired) electrons. The average Bonchev–Trinajstić information content (AvgIpc) is 3.03. The van der Waals surface area contributed by atoms with E-state index in [0.717, 1.165) is 0 Å². The van der Waals surface area contributed by atoms with Gasteiger partial charge in [-0.15, -0.1) is 0 Å². The second-order valence-corrected chi connectivity index (χ2v) is 6.09. The maximum atomic E-state index is 12.3. The molecular weight excluding hydrogens is 336 g/mol. The summed E-state index contributed by atoms with van der Waals surface area (Å²) in [7, 11) is 3.34. The zero-order valence-electron chi connectivity index (χ0n) is 14.9. The number of H-pyrrole nitrogens is 1. The number of fused-ring (bicyclic) bond motifs is 1. The lowest BCUT2D eigenvalue weighted by Crippen LogP contribution is -2.59. The first-order valence-corrected chi connectivity index (χ1v) is 8.30. The third kappa shape index (κ3) is 3.38. The highest BCUT2D eigenvalue weighted by Gasteiger charge is 2.33. The molecule has 3 rings (SSSR count). The van der Waals surface area contributed by atoms with Crippen LogP contribution in [0, 0.1) is 0 Å². The van der Waals surface area contributed by atoms with Gasteiger partial charge in [-0.1, -0.05) is 6.58 Å². The van der Waals surface area contributed by atoms with Crippen LogP contribution in [0.2, 0.25) is 0 Å². The molecule has 0 unspecified atom stereocenters. The molecule has 0 spiro atoms. The van der Waals surface area contributed by atoms with Crippen LogP contribution in [0.25, 0.3) is 11.2 Å². The van der Waals surface area contributed by atoms with Gasteiger partial charge in [-0.05, 0) is 6.08 Å². The number of hydrogen-bond donors (Lipinski definition) is 2. The Balaban J connectivity index is 1.72. The second-order valence-electron chi connectivity index (χ2n) is 6.09. The van der Waals surface area contributed by atoms with E-state index in [1.54, 1.807) is 31.5 Å². The quantitative estimate of drug-likeness (QED) is 0.540. The number of carbonyl (C=O) groups excluding carboxylic acids is 2. The van der Waals surface area contributed by atoms with Crippen molar-refractivity contribution in [2.75, 3.05) is 45.3 Å². The molecule has 2 aromatic rings. The summed E-state index contributed by atoms with van der Waals surface area (Å²) >= 11 is 0. The van der Waals surface area contributed by atoms with Gasteiger partial charge in [0, 0.05) is 40.0 Å². The molecular formula is C17H22N6O3. The summed E-state index contributed by atoms with van der Waals surface area (Å²) in [5.74, 6) is 0.355. The van der Waals surface area contributed by atoms with Crippen molar-refractivity contribution in [2.45, 2.75) is 6.04 Å². The van der Waals surface area contributed by atoms with Crippen LogP contribution in [0.3, 0.4) is 0 Å². The van der Waals surface area contributed by atoms with E-state index in [0.29, 0.717) is 48.8 Å². The number of aromatic nitrogens is 3. The smallest absolute Gasteiger partial charge is 0.255 e. The van der Waals surface area contributed by atoms with E-state index < -0.39 is 0 Å². The third-order valence-electron chi connectivity index (χ3n) is 4.46. The van der Waals surface area contributed by atoms with Gasteiger partial charge in [0.25, 0.3) is 5.91 Å². The van der Waals surface area contributed by atoms with E-state index in [4.69, 9.17) is 4.74 Å². The van der Waals surface area contributed by atoms with Crippen LogP contribution in [0.15, 0.2) is 25.0 Å². The maximum Gasteiger partial charge on any atom is 0.255 e. The van der Waals surface area contributed by atoms with E-state index in [-0.39, 0.29) is 17.9 Å². The number of likely N-dealkylation sites (N-methyl/N-ethyl adjacent to an activating group) is 1. The summed E-state index contributed by atoms with van der Waals surface area (Å²) in [5.41, 5.74) is 1.53. The molecule has 0 aromatic carbocycles. The first kappa shape index (κ1) is 17.9. The van der Waals surface area contributed by atoms with Crippen LogP contribution < -0.4 is 10.2 Å². The molecule has 1 aliphatic rings. The fraction of sp³-hybridized carbons (Fsp3) is 0.412. The lowest BCUT2D eigenvalue weighted by Gasteiger charge is -2.44. The minimum Gasteiger partial charge on any atom is -0.383 e. The highest BCUT2D eigenvalue weighted by molar-refractivity contribution is 6.04. The Kier molecular flexibility index (Phi) is 5.17. The molecule has 2 amide bonds. The van der Waals surface area contributed by atoms with Gasteiger partial charge < -0.3 is 24.8 Å². The standard InChI is InChI=1S/C17H22N6O3/c1-4-14(24)22(2)11-9-23(10-11)13-8-20-16-15(21-13)12(7-19-16)17(25)18-5-6-26-3/h4,7-8,11H,1,5-6,9-10H2,2-3H3,(H,18,25)(H,19,20). The normalized spacial score (nSPS) is 14.2. The summed E-state index contributed by atoms with van der Waals surface area (Å²) in [6, 6.07) is 0.112. The summed E-state index contributed by atoms with van der Waals surface area (Å²) in [4.78, 5) is 39.5. The van der Waals surface area contributed by atoms with Crippen molar-refractivity contribution in [2.24, 2.45) is 0 Å². The van der Waals surface area contributed by atoms with Crippen LogP contribution in [-0.4, -0.2) is 78.1 Å². The van der Waals surface area contributed by atoms with Crippen LogP contribution in [0.1, 0.15) is 10.4 Å². The number of carbonyl (C=O) groups is 2. The van der Waals surface area contributed by atoms with Crippen molar-refractivity contribution in [3.8, 4) is 0 Å². The van der Waals surface area contributed by atoms with Gasteiger partial charge in [0.15, 0.2) is 5.65 Å². The molecule has 0 aliphatic carbocycles. The Labute approximate surface area is 151 Å². The monoisotopic (exact) mass is 358 g/mol. The highest BCUT2D eigenvalue weighted by Crippen LogP contribution is 2.24. The van der Waals surface area contributed by atoms with Crippen LogP contribution in [0.5, 0.6) is 0 Å². The Morgan fingerprint density at radius 2 is 2.31 bits per heavy atom. The lowest BCUT2D eigenvalue weighted by atomic mass is 10.1. The van der Waals surface area contributed by atoms with Crippen LogP contribution in [0.4, 0.5) is 5.82 Å². The number of ether oxygens (including phenoxy) is 1. The van der Waals surface area contributed by atoms with E-state index in [2.05, 4.69) is 26.8 Å². The predicted molar refractivity (Wildman–Crippen MR) is 97.1 cm³/mol. The van der Waals surface area contributed by atoms with Gasteiger partial charge in [-0.3, -0.25) is 9.59 Å². The maximum absolute atomic E-state index is 12.3. The molecule has 1 fully saturated rings. The van der Waals surface area contributed by atoms with Gasteiger partial charge in [0.1, 0.15) is 11.3 Å². The van der Waals surface area contributed by atoms with Gasteiger partial charge in [0.05, 0.1) is 24.4 Å². The summed E-state index contributed by atoms with van der Waals surface area (Å²) in [6.07, 6.45) is 4.58. The molecule has 26 heavy (non-hydrogen) atoms. The molecule has 9 nitrogen and oxygen atoms in total. The largest absolute Gasteiger partial charge is 0.383 e. The second kappa shape index (κ2) is 7.52. The van der Waals surface area contributed by atoms with Crippen molar-refractivity contribution >= 4 is 28.8 Å². The number of anilines is 1. The van der Waals surface area contributed by atoms with Crippen molar-refractivity contribution < 1.29 is 14.3 Å². The van der Waals surface area contributed by atoms with Crippen LogP contribution in [-0.2, 0) is 9.53 Å². The van der Waals surface area contributed by atoms with Gasteiger partial charge >= 0.3 is 0 Å². The minimum absolute atomic E-state index is 0.100. The molecule has 1 saturated heterocycles. The highest BCUT2D eigenvalue weighted by atomic mass is 16.5. The number of amides is 2. The molecule has 138 valence electrons. The lowest BCUT2D eigenvalue weighted by molar-refractivity contribution is -0.127. The fourth-order valence-corrected chi connectivity index (χ4v) is 2.78. The van der Waals surface area contributed by atoms with Crippen molar-refractivity contribution in [3.05, 3.63) is 30.6 Å². The topological polar surface area (TPSA) is 103 Å². The zero-order chi connectivity index (χ0) is 18.7. The van der Waals surface area contributed by atoms with Gasteiger partial charge in [0.2, 0.25) is 5.91 Å². The number of nitrogens with zero attached hydrogens (tertiary/aromatic N) is 4. The number of rotatable bonds is 7. The molecule has 3 heterocycles. The number of hydrogen-bond acceptors (Lipinski definition) is 6. The number of methoxy groups -OCH3 is 1. The summed E-state index contributed by atoms with van der Waals surface area (Å²) in [5, 5.41) is 2.78. The molecule has 0 atom stereocenters. The van der Waals surface area contributed by atoms with E-state index in [1.807, 2.05) is 4.90 Å². The molecule has 9 heteroatoms.